The van der Waals surface area contributed by atoms with Crippen LogP contribution in [0.15, 0.2) is 24.3 Å². The molecule has 6 heteroatoms. The van der Waals surface area contributed by atoms with Gasteiger partial charge in [-0.1, -0.05) is 17.7 Å². The predicted octanol–water partition coefficient (Wildman–Crippen LogP) is 0.247. The van der Waals surface area contributed by atoms with Crippen molar-refractivity contribution < 1.29 is 19.1 Å². The molecule has 1 unspecified atom stereocenters. The molecule has 1 saturated heterocycles. The summed E-state index contributed by atoms with van der Waals surface area (Å²) in [6.07, 6.45) is 0. The first-order valence-electron chi connectivity index (χ1n) is 6.30. The van der Waals surface area contributed by atoms with Crippen molar-refractivity contribution in [3.05, 3.63) is 29.8 Å². The van der Waals surface area contributed by atoms with Gasteiger partial charge in [-0.15, -0.1) is 0 Å². The predicted molar refractivity (Wildman–Crippen MR) is 71.0 cm³/mol. The monoisotopic (exact) mass is 276 g/mol. The van der Waals surface area contributed by atoms with Gasteiger partial charge >= 0.3 is 0 Å². The number of piperazine rings is 1. The van der Waals surface area contributed by atoms with Gasteiger partial charge in [0.15, 0.2) is 6.61 Å². The summed E-state index contributed by atoms with van der Waals surface area (Å²) in [7, 11) is 0. The summed E-state index contributed by atoms with van der Waals surface area (Å²) in [5, 5.41) is 2.18. The molecule has 1 atom stereocenters. The van der Waals surface area contributed by atoms with Crippen LogP contribution in [0.2, 0.25) is 0 Å². The third kappa shape index (κ3) is 3.14. The van der Waals surface area contributed by atoms with Crippen LogP contribution < -0.4 is 10.1 Å². The largest absolute Gasteiger partial charge is 0.484 e. The third-order valence-electron chi connectivity index (χ3n) is 3.13. The second-order valence-electron chi connectivity index (χ2n) is 4.71. The van der Waals surface area contributed by atoms with E-state index in [-0.39, 0.29) is 19.1 Å². The van der Waals surface area contributed by atoms with Crippen LogP contribution in [-0.2, 0) is 14.4 Å². The number of nitrogens with zero attached hydrogens (tertiary/aromatic N) is 1. The van der Waals surface area contributed by atoms with Gasteiger partial charge in [-0.2, -0.15) is 0 Å². The highest BCUT2D eigenvalue weighted by Crippen LogP contribution is 2.12. The molecule has 0 radical (unpaired) electrons. The van der Waals surface area contributed by atoms with Gasteiger partial charge in [-0.25, -0.2) is 0 Å². The van der Waals surface area contributed by atoms with E-state index in [9.17, 15) is 14.4 Å². The number of imide groups is 1. The average Bonchev–Trinajstić information content (AvgIpc) is 2.42. The Morgan fingerprint density at radius 1 is 1.35 bits per heavy atom. The van der Waals surface area contributed by atoms with E-state index in [0.717, 1.165) is 5.56 Å². The second-order valence-corrected chi connectivity index (χ2v) is 4.71. The number of carbonyl (C=O) groups is 3. The summed E-state index contributed by atoms with van der Waals surface area (Å²) < 4.78 is 5.36. The van der Waals surface area contributed by atoms with Gasteiger partial charge in [0, 0.05) is 0 Å². The summed E-state index contributed by atoms with van der Waals surface area (Å²) in [6, 6.07) is 6.61. The summed E-state index contributed by atoms with van der Waals surface area (Å²) >= 11 is 0. The maximum Gasteiger partial charge on any atom is 0.261 e. The normalized spacial score (nSPS) is 18.7. The smallest absolute Gasteiger partial charge is 0.261 e. The fraction of sp³-hybridized carbons (Fsp3) is 0.357. The Morgan fingerprint density at radius 3 is 2.65 bits per heavy atom. The lowest BCUT2D eigenvalue weighted by Crippen LogP contribution is -2.59. The van der Waals surface area contributed by atoms with E-state index in [1.807, 2.05) is 19.1 Å². The van der Waals surface area contributed by atoms with Crippen molar-refractivity contribution in [3.8, 4) is 5.75 Å². The minimum absolute atomic E-state index is 0.122. The lowest BCUT2D eigenvalue weighted by molar-refractivity contribution is -0.150. The molecule has 20 heavy (non-hydrogen) atoms. The Kier molecular flexibility index (Phi) is 4.02. The highest BCUT2D eigenvalue weighted by Gasteiger charge is 2.33. The fourth-order valence-corrected chi connectivity index (χ4v) is 1.88. The Morgan fingerprint density at radius 2 is 2.00 bits per heavy atom. The molecule has 0 spiro atoms. The van der Waals surface area contributed by atoms with E-state index < -0.39 is 17.9 Å². The Hall–Kier alpha value is -2.37. The third-order valence-corrected chi connectivity index (χ3v) is 3.13. The minimum Gasteiger partial charge on any atom is -0.484 e. The second kappa shape index (κ2) is 5.73. The van der Waals surface area contributed by atoms with E-state index in [1.54, 1.807) is 19.1 Å². The van der Waals surface area contributed by atoms with E-state index in [4.69, 9.17) is 4.74 Å². The van der Waals surface area contributed by atoms with Crippen LogP contribution in [0.25, 0.3) is 0 Å². The zero-order valence-electron chi connectivity index (χ0n) is 11.4. The van der Waals surface area contributed by atoms with E-state index in [0.29, 0.717) is 5.75 Å². The van der Waals surface area contributed by atoms with Crippen molar-refractivity contribution >= 4 is 17.7 Å². The molecule has 1 N–H and O–H groups in total. The number of carbonyl (C=O) groups excluding carboxylic acids is 3. The Labute approximate surface area is 116 Å². The number of hydrogen-bond acceptors (Lipinski definition) is 4. The number of hydrogen-bond donors (Lipinski definition) is 1. The molecule has 1 aromatic carbocycles. The maximum absolute atomic E-state index is 12.0. The molecule has 1 aromatic rings. The molecule has 0 aromatic heterocycles. The first-order valence-corrected chi connectivity index (χ1v) is 6.30. The topological polar surface area (TPSA) is 75.7 Å². The Bertz CT molecular complexity index is 539. The zero-order valence-corrected chi connectivity index (χ0v) is 11.4. The standard InChI is InChI=1S/C14H16N2O4/c1-9-3-5-11(6-4-9)20-8-13(18)16-7-12(17)15-14(19)10(16)2/h3-6,10H,7-8H2,1-2H3,(H,15,17,19). The molecule has 106 valence electrons. The number of amides is 3. The van der Waals surface area contributed by atoms with Crippen molar-refractivity contribution in [1.29, 1.82) is 0 Å². The van der Waals surface area contributed by atoms with Crippen LogP contribution in [0.3, 0.4) is 0 Å². The van der Waals surface area contributed by atoms with Crippen molar-refractivity contribution in [3.63, 3.8) is 0 Å². The highest BCUT2D eigenvalue weighted by atomic mass is 16.5. The van der Waals surface area contributed by atoms with Gasteiger partial charge in [-0.3, -0.25) is 19.7 Å². The first-order chi connectivity index (χ1) is 9.47. The lowest BCUT2D eigenvalue weighted by atomic mass is 10.2. The first kappa shape index (κ1) is 14.0. The van der Waals surface area contributed by atoms with E-state index >= 15 is 0 Å². The van der Waals surface area contributed by atoms with Crippen LogP contribution in [0.5, 0.6) is 5.75 Å². The van der Waals surface area contributed by atoms with Gasteiger partial charge < -0.3 is 9.64 Å². The van der Waals surface area contributed by atoms with Crippen LogP contribution in [-0.4, -0.2) is 41.8 Å². The number of rotatable bonds is 3. The van der Waals surface area contributed by atoms with Crippen molar-refractivity contribution in [2.24, 2.45) is 0 Å². The zero-order chi connectivity index (χ0) is 14.7. The van der Waals surface area contributed by atoms with Gasteiger partial charge in [0.1, 0.15) is 18.3 Å². The van der Waals surface area contributed by atoms with Crippen LogP contribution >= 0.6 is 0 Å². The molecule has 1 aliphatic heterocycles. The lowest BCUT2D eigenvalue weighted by Gasteiger charge is -2.31. The molecular weight excluding hydrogens is 260 g/mol. The highest BCUT2D eigenvalue weighted by molar-refractivity contribution is 6.04. The number of ether oxygens (including phenoxy) is 1. The van der Waals surface area contributed by atoms with Crippen molar-refractivity contribution in [2.75, 3.05) is 13.2 Å². The van der Waals surface area contributed by atoms with E-state index in [2.05, 4.69) is 5.32 Å². The SMILES string of the molecule is Cc1ccc(OCC(=O)N2CC(=O)NC(=O)C2C)cc1. The fourth-order valence-electron chi connectivity index (χ4n) is 1.88. The molecule has 1 heterocycles. The van der Waals surface area contributed by atoms with Gasteiger partial charge in [0.2, 0.25) is 11.8 Å². The number of aryl methyl sites for hydroxylation is 1. The van der Waals surface area contributed by atoms with Gasteiger partial charge in [0.05, 0.1) is 0 Å². The summed E-state index contributed by atoms with van der Waals surface area (Å²) in [5.74, 6) is -0.757. The van der Waals surface area contributed by atoms with Crippen molar-refractivity contribution in [1.82, 2.24) is 10.2 Å². The maximum atomic E-state index is 12.0. The average molecular weight is 276 g/mol. The molecule has 2 rings (SSSR count). The molecule has 1 fully saturated rings. The summed E-state index contributed by atoms with van der Waals surface area (Å²) in [6.45, 7) is 3.21. The molecule has 0 bridgehead atoms. The van der Waals surface area contributed by atoms with Gasteiger partial charge in [-0.05, 0) is 26.0 Å². The minimum atomic E-state index is -0.665. The summed E-state index contributed by atoms with van der Waals surface area (Å²) in [5.41, 5.74) is 1.09. The summed E-state index contributed by atoms with van der Waals surface area (Å²) in [4.78, 5) is 36.0. The van der Waals surface area contributed by atoms with E-state index in [1.165, 1.54) is 4.90 Å². The number of benzene rings is 1. The Balaban J connectivity index is 1.95. The molecule has 3 amide bonds. The molecule has 0 saturated carbocycles. The van der Waals surface area contributed by atoms with Gasteiger partial charge in [0.25, 0.3) is 5.91 Å². The quantitative estimate of drug-likeness (QED) is 0.803. The van der Waals surface area contributed by atoms with Crippen molar-refractivity contribution in [2.45, 2.75) is 19.9 Å². The molecule has 6 nitrogen and oxygen atoms in total. The number of nitrogens with one attached hydrogen (secondary N) is 1. The molecular formula is C14H16N2O4. The molecule has 0 aliphatic carbocycles. The molecule has 1 aliphatic rings. The van der Waals surface area contributed by atoms with Crippen LogP contribution in [0, 0.1) is 6.92 Å². The van der Waals surface area contributed by atoms with Crippen LogP contribution in [0.1, 0.15) is 12.5 Å². The van der Waals surface area contributed by atoms with Crippen LogP contribution in [0.4, 0.5) is 0 Å².